The zero-order valence-electron chi connectivity index (χ0n) is 19.0. The fourth-order valence-corrected chi connectivity index (χ4v) is 4.77. The number of amides is 1. The molecule has 2 aromatic carbocycles. The number of nitrogens with zero attached hydrogens (tertiary/aromatic N) is 1. The highest BCUT2D eigenvalue weighted by atomic mass is 79.9. The topological polar surface area (TPSA) is 118 Å². The molecule has 0 radical (unpaired) electrons. The smallest absolute Gasteiger partial charge is 0.264 e. The third kappa shape index (κ3) is 5.66. The van der Waals surface area contributed by atoms with Gasteiger partial charge < -0.3 is 19.8 Å². The Bertz CT molecular complexity index is 1320. The van der Waals surface area contributed by atoms with E-state index in [1.807, 2.05) is 13.8 Å². The fourth-order valence-electron chi connectivity index (χ4n) is 3.28. The molecule has 3 rings (SSSR count). The molecule has 0 aliphatic heterocycles. The van der Waals surface area contributed by atoms with Crippen LogP contribution >= 0.6 is 15.9 Å². The zero-order valence-corrected chi connectivity index (χ0v) is 21.4. The van der Waals surface area contributed by atoms with E-state index in [9.17, 15) is 18.0 Å². The van der Waals surface area contributed by atoms with Crippen LogP contribution in [0.3, 0.4) is 0 Å². The highest BCUT2D eigenvalue weighted by Gasteiger charge is 2.23. The minimum atomic E-state index is -3.95. The number of sulfonamides is 1. The van der Waals surface area contributed by atoms with Crippen molar-refractivity contribution in [2.24, 2.45) is 0 Å². The molecule has 0 fully saturated rings. The van der Waals surface area contributed by atoms with Gasteiger partial charge in [-0.3, -0.25) is 13.9 Å². The van der Waals surface area contributed by atoms with Crippen LogP contribution in [0.4, 0.5) is 5.69 Å². The minimum Gasteiger partial charge on any atom is -0.360 e. The summed E-state index contributed by atoms with van der Waals surface area (Å²) in [4.78, 5) is 28.5. The summed E-state index contributed by atoms with van der Waals surface area (Å²) in [5.41, 5.74) is 0.144. The van der Waals surface area contributed by atoms with Crippen LogP contribution in [-0.2, 0) is 19.5 Å². The summed E-state index contributed by atoms with van der Waals surface area (Å²) in [5, 5.41) is 2.71. The Hall–Kier alpha value is -2.73. The second-order valence-electron chi connectivity index (χ2n) is 7.24. The molecule has 1 heterocycles. The third-order valence-electron chi connectivity index (χ3n) is 5.08. The van der Waals surface area contributed by atoms with Crippen molar-refractivity contribution in [2.75, 3.05) is 31.1 Å². The molecular formula is C23H26BrN3O6S. The van der Waals surface area contributed by atoms with E-state index < -0.39 is 27.6 Å². The number of H-pyrrole nitrogens is 1. The number of carbonyl (C=O) groups is 1. The van der Waals surface area contributed by atoms with Gasteiger partial charge in [0.25, 0.3) is 15.9 Å². The van der Waals surface area contributed by atoms with Crippen LogP contribution < -0.4 is 15.1 Å². The number of aromatic nitrogens is 1. The van der Waals surface area contributed by atoms with Crippen LogP contribution in [0.1, 0.15) is 24.2 Å². The number of pyridine rings is 1. The van der Waals surface area contributed by atoms with Gasteiger partial charge in [0.05, 0.1) is 17.1 Å². The lowest BCUT2D eigenvalue weighted by Gasteiger charge is -2.20. The van der Waals surface area contributed by atoms with Gasteiger partial charge in [-0.05, 0) is 56.3 Å². The molecule has 182 valence electrons. The number of hydrogen-bond donors (Lipinski definition) is 2. The van der Waals surface area contributed by atoms with E-state index in [0.717, 1.165) is 8.78 Å². The molecule has 1 amide bonds. The monoisotopic (exact) mass is 551 g/mol. The number of nitrogens with one attached hydrogen (secondary N) is 2. The summed E-state index contributed by atoms with van der Waals surface area (Å²) in [6.45, 7) is 4.49. The number of fused-ring (bicyclic) bond motifs is 1. The van der Waals surface area contributed by atoms with Crippen molar-refractivity contribution in [1.82, 2.24) is 10.3 Å². The van der Waals surface area contributed by atoms with E-state index in [2.05, 4.69) is 26.2 Å². The fraction of sp³-hybridized carbons (Fsp3) is 0.304. The maximum Gasteiger partial charge on any atom is 0.264 e. The number of anilines is 1. The minimum absolute atomic E-state index is 0.0599. The molecule has 0 saturated carbocycles. The van der Waals surface area contributed by atoms with Gasteiger partial charge in [-0.2, -0.15) is 0 Å². The summed E-state index contributed by atoms with van der Waals surface area (Å²) in [7, 11) is -2.51. The highest BCUT2D eigenvalue weighted by molar-refractivity contribution is 9.10. The van der Waals surface area contributed by atoms with Crippen LogP contribution in [0.5, 0.6) is 0 Å². The van der Waals surface area contributed by atoms with Crippen LogP contribution in [-0.4, -0.2) is 52.4 Å². The van der Waals surface area contributed by atoms with Crippen LogP contribution in [0.25, 0.3) is 10.9 Å². The van der Waals surface area contributed by atoms with Crippen LogP contribution in [0.15, 0.2) is 62.8 Å². The first kappa shape index (κ1) is 25.9. The van der Waals surface area contributed by atoms with Crippen molar-refractivity contribution in [3.63, 3.8) is 0 Å². The largest absolute Gasteiger partial charge is 0.360 e. The van der Waals surface area contributed by atoms with Gasteiger partial charge in [-0.1, -0.05) is 15.9 Å². The van der Waals surface area contributed by atoms with Crippen molar-refractivity contribution in [3.8, 4) is 0 Å². The number of carbonyl (C=O) groups excluding carboxylic acids is 1. The maximum atomic E-state index is 13.2. The lowest BCUT2D eigenvalue weighted by Crippen LogP contribution is -2.37. The van der Waals surface area contributed by atoms with Gasteiger partial charge in [0.15, 0.2) is 6.29 Å². The SMILES string of the molecule is CCOC(CNC(=O)c1c[nH]c2ccc(S(=O)(=O)N(C)c3ccc(Br)cc3)cc2c1=O)OCC. The maximum absolute atomic E-state index is 13.2. The van der Waals surface area contributed by atoms with Crippen molar-refractivity contribution >= 4 is 48.5 Å². The molecule has 0 aliphatic carbocycles. The van der Waals surface area contributed by atoms with Gasteiger partial charge in [0.1, 0.15) is 5.56 Å². The number of benzene rings is 2. The van der Waals surface area contributed by atoms with E-state index in [4.69, 9.17) is 9.47 Å². The predicted octanol–water partition coefficient (Wildman–Crippen LogP) is 3.24. The standard InChI is InChI=1S/C23H26BrN3O6S/c1-4-32-21(33-5-2)14-26-23(29)19-13-25-20-11-10-17(12-18(20)22(19)28)34(30,31)27(3)16-8-6-15(24)7-9-16/h6-13,21H,4-5,14H2,1-3H3,(H,25,28)(H,26,29). The van der Waals surface area contributed by atoms with Crippen molar-refractivity contribution in [2.45, 2.75) is 25.0 Å². The quantitative estimate of drug-likeness (QED) is 0.373. The first-order chi connectivity index (χ1) is 16.2. The average molecular weight is 552 g/mol. The number of halogens is 1. The Morgan fingerprint density at radius 3 is 2.38 bits per heavy atom. The molecule has 11 heteroatoms. The van der Waals surface area contributed by atoms with Gasteiger partial charge >= 0.3 is 0 Å². The van der Waals surface area contributed by atoms with E-state index in [0.29, 0.717) is 24.4 Å². The molecule has 1 aromatic heterocycles. The first-order valence-corrected chi connectivity index (χ1v) is 12.8. The summed E-state index contributed by atoms with van der Waals surface area (Å²) < 4.78 is 39.1. The van der Waals surface area contributed by atoms with Crippen LogP contribution in [0.2, 0.25) is 0 Å². The van der Waals surface area contributed by atoms with E-state index in [-0.39, 0.29) is 22.4 Å². The number of hydrogen-bond acceptors (Lipinski definition) is 6. The number of ether oxygens (including phenoxy) is 2. The summed E-state index contributed by atoms with van der Waals surface area (Å²) in [5.74, 6) is -0.618. The molecule has 2 N–H and O–H groups in total. The normalized spacial score (nSPS) is 11.7. The second-order valence-corrected chi connectivity index (χ2v) is 10.1. The average Bonchev–Trinajstić information content (AvgIpc) is 2.82. The molecule has 0 aliphatic rings. The second kappa shape index (κ2) is 11.1. The molecule has 0 atom stereocenters. The van der Waals surface area contributed by atoms with E-state index in [1.54, 1.807) is 24.3 Å². The van der Waals surface area contributed by atoms with Crippen molar-refractivity contribution in [3.05, 3.63) is 68.9 Å². The molecule has 0 saturated heterocycles. The van der Waals surface area contributed by atoms with Crippen molar-refractivity contribution < 1.29 is 22.7 Å². The van der Waals surface area contributed by atoms with Crippen LogP contribution in [0, 0.1) is 0 Å². The number of rotatable bonds is 10. The van der Waals surface area contributed by atoms with Gasteiger partial charge in [0, 0.05) is 41.8 Å². The Balaban J connectivity index is 1.91. The van der Waals surface area contributed by atoms with Gasteiger partial charge in [0.2, 0.25) is 5.43 Å². The summed E-state index contributed by atoms with van der Waals surface area (Å²) in [6.07, 6.45) is 0.669. The Morgan fingerprint density at radius 2 is 1.76 bits per heavy atom. The highest BCUT2D eigenvalue weighted by Crippen LogP contribution is 2.25. The third-order valence-corrected chi connectivity index (χ3v) is 7.39. The summed E-state index contributed by atoms with van der Waals surface area (Å²) in [6, 6.07) is 11.0. The van der Waals surface area contributed by atoms with Gasteiger partial charge in [-0.25, -0.2) is 8.42 Å². The molecule has 0 bridgehead atoms. The number of aromatic amines is 1. The van der Waals surface area contributed by atoms with Crippen molar-refractivity contribution in [1.29, 1.82) is 0 Å². The summed E-state index contributed by atoms with van der Waals surface area (Å²) >= 11 is 3.32. The molecular weight excluding hydrogens is 526 g/mol. The van der Waals surface area contributed by atoms with E-state index >= 15 is 0 Å². The molecule has 34 heavy (non-hydrogen) atoms. The molecule has 9 nitrogen and oxygen atoms in total. The molecule has 0 unspecified atom stereocenters. The Kier molecular flexibility index (Phi) is 8.47. The first-order valence-electron chi connectivity index (χ1n) is 10.6. The molecule has 0 spiro atoms. The Morgan fingerprint density at radius 1 is 1.12 bits per heavy atom. The Labute approximate surface area is 206 Å². The predicted molar refractivity (Wildman–Crippen MR) is 134 cm³/mol. The van der Waals surface area contributed by atoms with E-state index in [1.165, 1.54) is 31.4 Å². The zero-order chi connectivity index (χ0) is 24.9. The van der Waals surface area contributed by atoms with Gasteiger partial charge in [-0.15, -0.1) is 0 Å². The molecule has 3 aromatic rings. The lowest BCUT2D eigenvalue weighted by atomic mass is 10.1. The lowest BCUT2D eigenvalue weighted by molar-refractivity contribution is -0.131.